The average molecular weight is 363 g/mol. The van der Waals surface area contributed by atoms with Gasteiger partial charge in [-0.3, -0.25) is 0 Å². The zero-order chi connectivity index (χ0) is 16.3. The van der Waals surface area contributed by atoms with Crippen LogP contribution < -0.4 is 15.8 Å². The fraction of sp³-hybridized carbons (Fsp3) is 0.385. The summed E-state index contributed by atoms with van der Waals surface area (Å²) in [5.41, 5.74) is 6.50. The Hall–Kier alpha value is -1.64. The number of benzene rings is 1. The van der Waals surface area contributed by atoms with Crippen molar-refractivity contribution in [1.82, 2.24) is 5.32 Å². The Kier molecular flexibility index (Phi) is 10.2. The molecular weight excluding hydrogens is 344 g/mol. The molecule has 1 aromatic rings. The highest BCUT2D eigenvalue weighted by molar-refractivity contribution is 9.10. The summed E-state index contributed by atoms with van der Waals surface area (Å²) in [6.45, 7) is 5.03. The number of nitrogens with two attached hydrogens (primary N) is 1. The van der Waals surface area contributed by atoms with Crippen molar-refractivity contribution in [2.24, 2.45) is 5.73 Å². The van der Waals surface area contributed by atoms with Gasteiger partial charge in [-0.1, -0.05) is 15.9 Å². The molecule has 0 atom stereocenters. The second-order valence-electron chi connectivity index (χ2n) is 3.91. The normalized spacial score (nSPS) is 9.48. The minimum Gasteiger partial charge on any atom is -0.492 e. The monoisotopic (exact) mass is 362 g/mol. The first-order chi connectivity index (χ1) is 9.88. The molecule has 0 saturated heterocycles. The van der Waals surface area contributed by atoms with Gasteiger partial charge in [-0.25, -0.2) is 9.59 Å². The van der Waals surface area contributed by atoms with Gasteiger partial charge in [0.05, 0.1) is 0 Å². The molecule has 7 nitrogen and oxygen atoms in total. The van der Waals surface area contributed by atoms with Crippen molar-refractivity contribution in [1.29, 1.82) is 0 Å². The number of carboxylic acid groups (broad SMARTS) is 2. The molecule has 0 amide bonds. The lowest BCUT2D eigenvalue weighted by Gasteiger charge is -2.09. The Balaban J connectivity index is 0.000000567. The van der Waals surface area contributed by atoms with E-state index in [4.69, 9.17) is 30.3 Å². The zero-order valence-corrected chi connectivity index (χ0v) is 13.2. The molecule has 0 unspecified atom stereocenters. The highest BCUT2D eigenvalue weighted by atomic mass is 79.9. The standard InChI is InChI=1S/C11H17BrN2O.C2H2O4/c1-9-8-10(12)2-3-11(9)15-7-6-14-5-4-13;3-1(4)2(5)6/h2-3,8,14H,4-7,13H2,1H3;(H,3,4)(H,5,6). The van der Waals surface area contributed by atoms with Gasteiger partial charge in [-0.2, -0.15) is 0 Å². The van der Waals surface area contributed by atoms with Gasteiger partial charge in [0.25, 0.3) is 0 Å². The molecule has 0 heterocycles. The number of carboxylic acids is 2. The van der Waals surface area contributed by atoms with Crippen LogP contribution in [-0.2, 0) is 9.59 Å². The van der Waals surface area contributed by atoms with Crippen molar-refractivity contribution in [3.8, 4) is 5.75 Å². The van der Waals surface area contributed by atoms with E-state index in [9.17, 15) is 0 Å². The van der Waals surface area contributed by atoms with E-state index < -0.39 is 11.9 Å². The topological polar surface area (TPSA) is 122 Å². The van der Waals surface area contributed by atoms with Crippen molar-refractivity contribution >= 4 is 27.9 Å². The molecule has 21 heavy (non-hydrogen) atoms. The van der Waals surface area contributed by atoms with E-state index in [0.29, 0.717) is 13.2 Å². The van der Waals surface area contributed by atoms with Gasteiger partial charge in [0.15, 0.2) is 0 Å². The van der Waals surface area contributed by atoms with Crippen molar-refractivity contribution in [2.75, 3.05) is 26.2 Å². The molecule has 1 aromatic carbocycles. The Morgan fingerprint density at radius 1 is 1.29 bits per heavy atom. The summed E-state index contributed by atoms with van der Waals surface area (Å²) in [5.74, 6) is -2.71. The van der Waals surface area contributed by atoms with E-state index in [1.807, 2.05) is 25.1 Å². The van der Waals surface area contributed by atoms with Gasteiger partial charge < -0.3 is 26.0 Å². The largest absolute Gasteiger partial charge is 0.492 e. The first-order valence-corrected chi connectivity index (χ1v) is 6.93. The fourth-order valence-corrected chi connectivity index (χ4v) is 1.71. The number of hydrogen-bond donors (Lipinski definition) is 4. The van der Waals surface area contributed by atoms with Crippen molar-refractivity contribution in [2.45, 2.75) is 6.92 Å². The summed E-state index contributed by atoms with van der Waals surface area (Å²) in [5, 5.41) is 18.0. The van der Waals surface area contributed by atoms with Crippen LogP contribution in [0.15, 0.2) is 22.7 Å². The van der Waals surface area contributed by atoms with Gasteiger partial charge in [0.2, 0.25) is 0 Å². The summed E-state index contributed by atoms with van der Waals surface area (Å²) in [6, 6.07) is 6.00. The quantitative estimate of drug-likeness (QED) is 0.436. The zero-order valence-electron chi connectivity index (χ0n) is 11.6. The van der Waals surface area contributed by atoms with Crippen LogP contribution in [0.5, 0.6) is 5.75 Å². The SMILES string of the molecule is Cc1cc(Br)ccc1OCCNCCN.O=C(O)C(=O)O. The number of rotatable bonds is 6. The summed E-state index contributed by atoms with van der Waals surface area (Å²) in [7, 11) is 0. The molecule has 0 aliphatic rings. The average Bonchev–Trinajstić information content (AvgIpc) is 2.41. The van der Waals surface area contributed by atoms with Crippen LogP contribution in [0, 0.1) is 6.92 Å². The lowest BCUT2D eigenvalue weighted by molar-refractivity contribution is -0.159. The third kappa shape index (κ3) is 9.83. The second-order valence-corrected chi connectivity index (χ2v) is 4.82. The molecular formula is C13H19BrN2O5. The van der Waals surface area contributed by atoms with E-state index >= 15 is 0 Å². The maximum absolute atomic E-state index is 9.10. The van der Waals surface area contributed by atoms with Gasteiger partial charge in [0, 0.05) is 24.1 Å². The number of aliphatic carboxylic acids is 2. The van der Waals surface area contributed by atoms with Crippen LogP contribution in [0.3, 0.4) is 0 Å². The van der Waals surface area contributed by atoms with Gasteiger partial charge >= 0.3 is 11.9 Å². The van der Waals surface area contributed by atoms with E-state index in [1.165, 1.54) is 0 Å². The van der Waals surface area contributed by atoms with E-state index in [-0.39, 0.29) is 0 Å². The highest BCUT2D eigenvalue weighted by Gasteiger charge is 2.04. The molecule has 0 aliphatic heterocycles. The van der Waals surface area contributed by atoms with Gasteiger partial charge in [-0.05, 0) is 30.7 Å². The van der Waals surface area contributed by atoms with Crippen LogP contribution >= 0.6 is 15.9 Å². The van der Waals surface area contributed by atoms with E-state index in [0.717, 1.165) is 28.9 Å². The van der Waals surface area contributed by atoms with Crippen molar-refractivity contribution < 1.29 is 24.5 Å². The number of ether oxygens (including phenoxy) is 1. The number of aryl methyl sites for hydroxylation is 1. The maximum atomic E-state index is 9.10. The van der Waals surface area contributed by atoms with Gasteiger partial charge in [-0.15, -0.1) is 0 Å². The predicted molar refractivity (Wildman–Crippen MR) is 81.6 cm³/mol. The summed E-state index contributed by atoms with van der Waals surface area (Å²) >= 11 is 3.42. The molecule has 0 aromatic heterocycles. The highest BCUT2D eigenvalue weighted by Crippen LogP contribution is 2.21. The third-order valence-electron chi connectivity index (χ3n) is 2.18. The minimum atomic E-state index is -1.82. The van der Waals surface area contributed by atoms with Crippen LogP contribution in [0.2, 0.25) is 0 Å². The first kappa shape index (κ1) is 19.4. The number of nitrogens with one attached hydrogen (secondary N) is 1. The van der Waals surface area contributed by atoms with E-state index in [2.05, 4.69) is 21.2 Å². The lowest BCUT2D eigenvalue weighted by atomic mass is 10.2. The fourth-order valence-electron chi connectivity index (χ4n) is 1.23. The van der Waals surface area contributed by atoms with Gasteiger partial charge in [0.1, 0.15) is 12.4 Å². The molecule has 0 fully saturated rings. The van der Waals surface area contributed by atoms with Crippen LogP contribution in [0.1, 0.15) is 5.56 Å². The Labute approximate surface area is 131 Å². The molecule has 0 bridgehead atoms. The van der Waals surface area contributed by atoms with E-state index in [1.54, 1.807) is 0 Å². The third-order valence-corrected chi connectivity index (χ3v) is 2.67. The molecule has 0 saturated carbocycles. The Morgan fingerprint density at radius 2 is 1.90 bits per heavy atom. The Bertz CT molecular complexity index is 456. The molecule has 0 aliphatic carbocycles. The van der Waals surface area contributed by atoms with Crippen molar-refractivity contribution in [3.63, 3.8) is 0 Å². The van der Waals surface area contributed by atoms with Crippen LogP contribution in [0.4, 0.5) is 0 Å². The van der Waals surface area contributed by atoms with Crippen LogP contribution in [-0.4, -0.2) is 48.4 Å². The Morgan fingerprint density at radius 3 is 2.38 bits per heavy atom. The summed E-state index contributed by atoms with van der Waals surface area (Å²) in [4.78, 5) is 18.2. The molecule has 0 spiro atoms. The maximum Gasteiger partial charge on any atom is 0.414 e. The number of halogens is 1. The molecule has 5 N–H and O–H groups in total. The smallest absolute Gasteiger partial charge is 0.414 e. The molecule has 1 rings (SSSR count). The van der Waals surface area contributed by atoms with Crippen molar-refractivity contribution in [3.05, 3.63) is 28.2 Å². The second kappa shape index (κ2) is 11.1. The summed E-state index contributed by atoms with van der Waals surface area (Å²) in [6.07, 6.45) is 0. The number of carbonyl (C=O) groups is 2. The lowest BCUT2D eigenvalue weighted by Crippen LogP contribution is -2.26. The van der Waals surface area contributed by atoms with Crippen LogP contribution in [0.25, 0.3) is 0 Å². The minimum absolute atomic E-state index is 0.664. The molecule has 0 radical (unpaired) electrons. The summed E-state index contributed by atoms with van der Waals surface area (Å²) < 4.78 is 6.69. The number of hydrogen-bond acceptors (Lipinski definition) is 5. The predicted octanol–water partition coefficient (Wildman–Crippen LogP) is 0.840. The first-order valence-electron chi connectivity index (χ1n) is 6.14. The molecule has 8 heteroatoms. The molecule has 118 valence electrons.